The summed E-state index contributed by atoms with van der Waals surface area (Å²) in [5.41, 5.74) is 0.924. The van der Waals surface area contributed by atoms with Gasteiger partial charge in [0.15, 0.2) is 18.1 Å². The summed E-state index contributed by atoms with van der Waals surface area (Å²) in [6.07, 6.45) is 0. The molecule has 3 aromatic rings. The fourth-order valence-corrected chi connectivity index (χ4v) is 4.49. The second-order valence-electron chi connectivity index (χ2n) is 8.37. The molecule has 0 radical (unpaired) electrons. The van der Waals surface area contributed by atoms with Gasteiger partial charge >= 0.3 is 0 Å². The van der Waals surface area contributed by atoms with Crippen LogP contribution < -0.4 is 14.2 Å². The minimum absolute atomic E-state index is 0.0452. The Morgan fingerprint density at radius 3 is 2.51 bits per heavy atom. The van der Waals surface area contributed by atoms with Crippen molar-refractivity contribution in [1.82, 2.24) is 9.80 Å². The van der Waals surface area contributed by atoms with Crippen molar-refractivity contribution in [2.45, 2.75) is 33.0 Å². The molecule has 2 amide bonds. The van der Waals surface area contributed by atoms with Crippen LogP contribution in [0.3, 0.4) is 0 Å². The van der Waals surface area contributed by atoms with E-state index in [9.17, 15) is 9.59 Å². The molecule has 7 nitrogen and oxygen atoms in total. The highest BCUT2D eigenvalue weighted by atomic mass is 35.5. The van der Waals surface area contributed by atoms with Crippen molar-refractivity contribution in [2.75, 3.05) is 19.9 Å². The van der Waals surface area contributed by atoms with E-state index < -0.39 is 0 Å². The molecule has 0 unspecified atom stereocenters. The zero-order chi connectivity index (χ0) is 24.8. The molecule has 2 aromatic carbocycles. The lowest BCUT2D eigenvalue weighted by atomic mass is 10.1. The van der Waals surface area contributed by atoms with Crippen LogP contribution >= 0.6 is 22.9 Å². The van der Waals surface area contributed by atoms with Crippen molar-refractivity contribution in [3.8, 4) is 17.2 Å². The molecule has 0 aliphatic carbocycles. The van der Waals surface area contributed by atoms with E-state index in [0.29, 0.717) is 35.4 Å². The maximum absolute atomic E-state index is 13.5. The molecule has 2 heterocycles. The lowest BCUT2D eigenvalue weighted by Gasteiger charge is -2.30. The molecule has 0 fully saturated rings. The minimum atomic E-state index is -0.262. The van der Waals surface area contributed by atoms with Gasteiger partial charge in [-0.2, -0.15) is 0 Å². The van der Waals surface area contributed by atoms with Crippen LogP contribution in [0.25, 0.3) is 0 Å². The first kappa shape index (κ1) is 24.9. The van der Waals surface area contributed by atoms with Crippen molar-refractivity contribution in [2.24, 2.45) is 0 Å². The monoisotopic (exact) mass is 514 g/mol. The highest BCUT2D eigenvalue weighted by Crippen LogP contribution is 2.33. The van der Waals surface area contributed by atoms with Crippen molar-refractivity contribution in [3.05, 3.63) is 75.4 Å². The Hall–Kier alpha value is -3.23. The minimum Gasteiger partial charge on any atom is -0.484 e. The number of amides is 2. The van der Waals surface area contributed by atoms with Crippen LogP contribution in [0.5, 0.6) is 17.2 Å². The van der Waals surface area contributed by atoms with Gasteiger partial charge in [-0.3, -0.25) is 9.59 Å². The summed E-state index contributed by atoms with van der Waals surface area (Å²) in [6.45, 7) is 4.59. The number of carbonyl (C=O) groups excluding carboxylic acids is 2. The van der Waals surface area contributed by atoms with Crippen molar-refractivity contribution in [1.29, 1.82) is 0 Å². The van der Waals surface area contributed by atoms with Gasteiger partial charge < -0.3 is 24.0 Å². The van der Waals surface area contributed by atoms with Crippen LogP contribution in [0.4, 0.5) is 0 Å². The van der Waals surface area contributed by atoms with Gasteiger partial charge in [-0.15, -0.1) is 11.3 Å². The van der Waals surface area contributed by atoms with E-state index in [4.69, 9.17) is 25.8 Å². The van der Waals surface area contributed by atoms with Crippen LogP contribution in [0, 0.1) is 0 Å². The van der Waals surface area contributed by atoms with E-state index in [1.165, 1.54) is 0 Å². The summed E-state index contributed by atoms with van der Waals surface area (Å²) in [5.74, 6) is 1.50. The smallest absolute Gasteiger partial charge is 0.261 e. The first-order valence-electron chi connectivity index (χ1n) is 11.3. The molecular weight excluding hydrogens is 488 g/mol. The van der Waals surface area contributed by atoms with Gasteiger partial charge in [0, 0.05) is 22.5 Å². The van der Waals surface area contributed by atoms with Crippen LogP contribution in [0.1, 0.15) is 24.3 Å². The number of carbonyl (C=O) groups is 2. The molecule has 1 aliphatic rings. The fraction of sp³-hybridized carbons (Fsp3) is 0.308. The number of benzene rings is 2. The second-order valence-corrected chi connectivity index (χ2v) is 9.84. The lowest BCUT2D eigenvalue weighted by molar-refractivity contribution is -0.143. The maximum Gasteiger partial charge on any atom is 0.261 e. The van der Waals surface area contributed by atoms with Crippen LogP contribution in [0.2, 0.25) is 5.02 Å². The summed E-state index contributed by atoms with van der Waals surface area (Å²) >= 11 is 7.49. The summed E-state index contributed by atoms with van der Waals surface area (Å²) < 4.78 is 16.5. The number of thiophene rings is 1. The molecular formula is C26H27ClN2O5S. The molecule has 0 spiro atoms. The first-order chi connectivity index (χ1) is 16.9. The van der Waals surface area contributed by atoms with E-state index in [1.807, 2.05) is 49.6 Å². The van der Waals surface area contributed by atoms with Crippen molar-refractivity contribution >= 4 is 34.8 Å². The average molecular weight is 515 g/mol. The Labute approximate surface area is 213 Å². The predicted octanol–water partition coefficient (Wildman–Crippen LogP) is 4.98. The van der Waals surface area contributed by atoms with Gasteiger partial charge in [-0.25, -0.2) is 0 Å². The van der Waals surface area contributed by atoms with E-state index in [-0.39, 0.29) is 37.8 Å². The summed E-state index contributed by atoms with van der Waals surface area (Å²) in [4.78, 5) is 30.8. The third-order valence-electron chi connectivity index (χ3n) is 5.52. The third-order valence-corrected chi connectivity index (χ3v) is 6.63. The van der Waals surface area contributed by atoms with E-state index in [0.717, 1.165) is 10.4 Å². The standard InChI is InChI=1S/C26H27ClN2O5S/c1-18(2)29(26(31)16-32-21-8-6-20(27)7-9-21)15-25(30)28(14-22-4-3-11-35-22)13-19-5-10-23-24(12-19)34-17-33-23/h3-12,18H,13-17H2,1-2H3. The summed E-state index contributed by atoms with van der Waals surface area (Å²) in [7, 11) is 0. The molecule has 184 valence electrons. The topological polar surface area (TPSA) is 68.3 Å². The summed E-state index contributed by atoms with van der Waals surface area (Å²) in [5, 5.41) is 2.57. The number of fused-ring (bicyclic) bond motifs is 1. The molecule has 0 atom stereocenters. The largest absolute Gasteiger partial charge is 0.484 e. The van der Waals surface area contributed by atoms with Gasteiger partial charge in [0.1, 0.15) is 12.3 Å². The Bertz CT molecular complexity index is 1150. The molecule has 35 heavy (non-hydrogen) atoms. The van der Waals surface area contributed by atoms with Gasteiger partial charge in [0.05, 0.1) is 6.54 Å². The number of hydrogen-bond donors (Lipinski definition) is 0. The lowest BCUT2D eigenvalue weighted by Crippen LogP contribution is -2.47. The number of hydrogen-bond acceptors (Lipinski definition) is 6. The molecule has 0 saturated heterocycles. The van der Waals surface area contributed by atoms with Gasteiger partial charge in [-0.1, -0.05) is 23.7 Å². The predicted molar refractivity (Wildman–Crippen MR) is 135 cm³/mol. The maximum atomic E-state index is 13.5. The molecule has 1 aliphatic heterocycles. The van der Waals surface area contributed by atoms with E-state index in [2.05, 4.69) is 0 Å². The molecule has 0 saturated carbocycles. The van der Waals surface area contributed by atoms with Gasteiger partial charge in [0.25, 0.3) is 5.91 Å². The normalized spacial score (nSPS) is 12.0. The first-order valence-corrected chi connectivity index (χ1v) is 12.5. The Balaban J connectivity index is 1.44. The van der Waals surface area contributed by atoms with Crippen molar-refractivity contribution in [3.63, 3.8) is 0 Å². The van der Waals surface area contributed by atoms with Gasteiger partial charge in [-0.05, 0) is 67.3 Å². The number of halogens is 1. The molecule has 0 bridgehead atoms. The Kier molecular flexibility index (Phi) is 8.15. The zero-order valence-electron chi connectivity index (χ0n) is 19.6. The van der Waals surface area contributed by atoms with Crippen LogP contribution in [0.15, 0.2) is 60.0 Å². The second kappa shape index (κ2) is 11.5. The highest BCUT2D eigenvalue weighted by Gasteiger charge is 2.25. The SMILES string of the molecule is CC(C)N(CC(=O)N(Cc1ccc2c(c1)OCO2)Cc1cccs1)C(=O)COc1ccc(Cl)cc1. The number of ether oxygens (including phenoxy) is 3. The molecule has 4 rings (SSSR count). The Morgan fingerprint density at radius 1 is 1.03 bits per heavy atom. The highest BCUT2D eigenvalue weighted by molar-refractivity contribution is 7.09. The molecule has 1 aromatic heterocycles. The Morgan fingerprint density at radius 2 is 1.80 bits per heavy atom. The fourth-order valence-electron chi connectivity index (χ4n) is 3.65. The van der Waals surface area contributed by atoms with E-state index >= 15 is 0 Å². The zero-order valence-corrected chi connectivity index (χ0v) is 21.2. The number of rotatable bonds is 10. The van der Waals surface area contributed by atoms with Crippen LogP contribution in [-0.4, -0.2) is 47.6 Å². The quantitative estimate of drug-likeness (QED) is 0.382. The summed E-state index contributed by atoms with van der Waals surface area (Å²) in [6, 6.07) is 16.3. The van der Waals surface area contributed by atoms with Crippen LogP contribution in [-0.2, 0) is 22.7 Å². The number of nitrogens with zero attached hydrogens (tertiary/aromatic N) is 2. The van der Waals surface area contributed by atoms with E-state index in [1.54, 1.807) is 45.4 Å². The molecule has 9 heteroatoms. The third kappa shape index (κ3) is 6.68. The van der Waals surface area contributed by atoms with Crippen molar-refractivity contribution < 1.29 is 23.8 Å². The van der Waals surface area contributed by atoms with Gasteiger partial charge in [0.2, 0.25) is 12.7 Å². The average Bonchev–Trinajstić information content (AvgIpc) is 3.53. The molecule has 0 N–H and O–H groups in total.